The number of hydrogen-bond donors (Lipinski definition) is 0. The average molecular weight is 172 g/mol. The van der Waals surface area contributed by atoms with Gasteiger partial charge < -0.3 is 4.43 Å². The molecule has 0 saturated carbocycles. The molecule has 0 aliphatic heterocycles. The fraction of sp³-hybridized carbons (Fsp3) is 0.625. The summed E-state index contributed by atoms with van der Waals surface area (Å²) in [7, 11) is 0.0298. The fourth-order valence-electron chi connectivity index (χ4n) is 0.480. The Labute approximate surface area is 69.4 Å². The van der Waals surface area contributed by atoms with Crippen LogP contribution in [0.2, 0.25) is 13.1 Å². The maximum absolute atomic E-state index is 10.9. The van der Waals surface area contributed by atoms with E-state index in [1.54, 1.807) is 13.2 Å². The van der Waals surface area contributed by atoms with Gasteiger partial charge in [0.15, 0.2) is 5.78 Å². The molecule has 0 aromatic rings. The molecule has 0 saturated heterocycles. The Bertz CT molecular complexity index is 161. The van der Waals surface area contributed by atoms with Crippen molar-refractivity contribution in [3.63, 3.8) is 0 Å². The van der Waals surface area contributed by atoms with Gasteiger partial charge in [0.05, 0.1) is 0 Å². The molecule has 0 atom stereocenters. The molecule has 11 heavy (non-hydrogen) atoms. The molecule has 0 aliphatic rings. The Morgan fingerprint density at radius 2 is 2.09 bits per heavy atom. The number of carbonyl (C=O) groups is 1. The summed E-state index contributed by atoms with van der Waals surface area (Å²) in [5, 5.41) is 0. The van der Waals surface area contributed by atoms with E-state index in [-0.39, 0.29) is 5.78 Å². The van der Waals surface area contributed by atoms with Crippen molar-refractivity contribution < 1.29 is 9.22 Å². The molecule has 0 heterocycles. The van der Waals surface area contributed by atoms with Gasteiger partial charge in [-0.25, -0.2) is 0 Å². The molecule has 0 fully saturated rings. The topological polar surface area (TPSA) is 26.3 Å². The van der Waals surface area contributed by atoms with Crippen molar-refractivity contribution in [3.8, 4) is 0 Å². The quantitative estimate of drug-likeness (QED) is 0.478. The van der Waals surface area contributed by atoms with Gasteiger partial charge in [-0.2, -0.15) is 0 Å². The maximum Gasteiger partial charge on any atom is 0.210 e. The maximum atomic E-state index is 10.9. The number of ketones is 1. The van der Waals surface area contributed by atoms with Gasteiger partial charge in [-0.05, 0) is 19.2 Å². The zero-order valence-corrected chi connectivity index (χ0v) is 8.68. The van der Waals surface area contributed by atoms with E-state index in [0.717, 1.165) is 0 Å². The molecule has 0 radical (unpaired) electrons. The van der Waals surface area contributed by atoms with E-state index in [2.05, 4.69) is 0 Å². The monoisotopic (exact) mass is 172 g/mol. The summed E-state index contributed by atoms with van der Waals surface area (Å²) in [6.45, 7) is 5.95. The molecule has 64 valence electrons. The third kappa shape index (κ3) is 4.92. The molecule has 0 spiro atoms. The Balaban J connectivity index is 4.01. The standard InChI is InChI=1S/C8H16O2Si/c1-5-8(9)6-7-11(3,4)10-2/h6-7H,5H2,1-4H3. The molecule has 3 heteroatoms. The zero-order chi connectivity index (χ0) is 8.91. The van der Waals surface area contributed by atoms with Crippen LogP contribution in [-0.4, -0.2) is 21.2 Å². The highest BCUT2D eigenvalue weighted by molar-refractivity contribution is 6.76. The van der Waals surface area contributed by atoms with Gasteiger partial charge in [-0.3, -0.25) is 4.79 Å². The van der Waals surface area contributed by atoms with Crippen LogP contribution in [0, 0.1) is 0 Å². The van der Waals surface area contributed by atoms with E-state index >= 15 is 0 Å². The molecule has 0 aliphatic carbocycles. The molecule has 2 nitrogen and oxygen atoms in total. The SMILES string of the molecule is CCC(=O)C=C[Si](C)(C)OC. The van der Waals surface area contributed by atoms with Gasteiger partial charge in [0.1, 0.15) is 0 Å². The van der Waals surface area contributed by atoms with E-state index in [0.29, 0.717) is 6.42 Å². The van der Waals surface area contributed by atoms with Crippen LogP contribution in [0.25, 0.3) is 0 Å². The highest BCUT2D eigenvalue weighted by Gasteiger charge is 2.15. The van der Waals surface area contributed by atoms with E-state index < -0.39 is 8.32 Å². The van der Waals surface area contributed by atoms with Crippen LogP contribution in [0.1, 0.15) is 13.3 Å². The van der Waals surface area contributed by atoms with Gasteiger partial charge in [0.2, 0.25) is 8.32 Å². The number of hydrogen-bond acceptors (Lipinski definition) is 2. The van der Waals surface area contributed by atoms with E-state index in [1.165, 1.54) is 0 Å². The minimum Gasteiger partial charge on any atom is -0.417 e. The van der Waals surface area contributed by atoms with E-state index in [9.17, 15) is 4.79 Å². The van der Waals surface area contributed by atoms with Gasteiger partial charge in [-0.15, -0.1) is 0 Å². The first-order chi connectivity index (χ1) is 5.02. The average Bonchev–Trinajstić information content (AvgIpc) is 2.00. The van der Waals surface area contributed by atoms with Gasteiger partial charge >= 0.3 is 0 Å². The predicted molar refractivity (Wildman–Crippen MR) is 48.9 cm³/mol. The summed E-state index contributed by atoms with van der Waals surface area (Å²) in [6.07, 6.45) is 2.21. The van der Waals surface area contributed by atoms with Crippen LogP contribution < -0.4 is 0 Å². The van der Waals surface area contributed by atoms with E-state index in [1.807, 2.05) is 25.7 Å². The highest BCUT2D eigenvalue weighted by Crippen LogP contribution is 2.03. The second-order valence-electron chi connectivity index (χ2n) is 2.96. The van der Waals surface area contributed by atoms with Crippen molar-refractivity contribution in [2.45, 2.75) is 26.4 Å². The predicted octanol–water partition coefficient (Wildman–Crippen LogP) is 1.91. The lowest BCUT2D eigenvalue weighted by Crippen LogP contribution is -2.25. The molecule has 0 unspecified atom stereocenters. The first kappa shape index (κ1) is 10.6. The summed E-state index contributed by atoms with van der Waals surface area (Å²) in [4.78, 5) is 10.9. The van der Waals surface area contributed by atoms with Crippen LogP contribution >= 0.6 is 0 Å². The second kappa shape index (κ2) is 4.46. The molecule has 0 N–H and O–H groups in total. The van der Waals surface area contributed by atoms with Crippen molar-refractivity contribution >= 4 is 14.1 Å². The lowest BCUT2D eigenvalue weighted by atomic mass is 10.3. The molecule has 0 bridgehead atoms. The number of rotatable bonds is 4. The summed E-state index contributed by atoms with van der Waals surface area (Å²) in [5.74, 6) is 0.169. The highest BCUT2D eigenvalue weighted by atomic mass is 28.4. The van der Waals surface area contributed by atoms with Crippen LogP contribution in [0.3, 0.4) is 0 Å². The van der Waals surface area contributed by atoms with Crippen molar-refractivity contribution in [1.29, 1.82) is 0 Å². The van der Waals surface area contributed by atoms with Crippen LogP contribution in [0.4, 0.5) is 0 Å². The minimum atomic E-state index is -1.66. The van der Waals surface area contributed by atoms with Gasteiger partial charge in [0.25, 0.3) is 0 Å². The summed E-state index contributed by atoms with van der Waals surface area (Å²) >= 11 is 0. The molecular weight excluding hydrogens is 156 g/mol. The first-order valence-corrected chi connectivity index (χ1v) is 6.77. The third-order valence-corrected chi connectivity index (χ3v) is 3.57. The number of carbonyl (C=O) groups excluding carboxylic acids is 1. The summed E-state index contributed by atoms with van der Waals surface area (Å²) in [6, 6.07) is 0. The van der Waals surface area contributed by atoms with Crippen molar-refractivity contribution in [2.75, 3.05) is 7.11 Å². The minimum absolute atomic E-state index is 0.169. The molecule has 0 amide bonds. The largest absolute Gasteiger partial charge is 0.417 e. The lowest BCUT2D eigenvalue weighted by Gasteiger charge is -2.13. The Kier molecular flexibility index (Phi) is 4.29. The second-order valence-corrected chi connectivity index (χ2v) is 6.91. The Morgan fingerprint density at radius 1 is 1.55 bits per heavy atom. The Morgan fingerprint density at radius 3 is 2.45 bits per heavy atom. The van der Waals surface area contributed by atoms with Crippen molar-refractivity contribution in [1.82, 2.24) is 0 Å². The van der Waals surface area contributed by atoms with Crippen molar-refractivity contribution in [3.05, 3.63) is 11.8 Å². The van der Waals surface area contributed by atoms with E-state index in [4.69, 9.17) is 4.43 Å². The molecule has 0 rings (SSSR count). The molecular formula is C8H16O2Si. The fourth-order valence-corrected chi connectivity index (χ4v) is 1.20. The van der Waals surface area contributed by atoms with Crippen LogP contribution in [0.15, 0.2) is 11.8 Å². The van der Waals surface area contributed by atoms with Gasteiger partial charge in [0, 0.05) is 13.5 Å². The van der Waals surface area contributed by atoms with Crippen LogP contribution in [0.5, 0.6) is 0 Å². The Hall–Kier alpha value is -0.413. The van der Waals surface area contributed by atoms with Crippen LogP contribution in [-0.2, 0) is 9.22 Å². The normalized spacial score (nSPS) is 12.4. The van der Waals surface area contributed by atoms with Crippen molar-refractivity contribution in [2.24, 2.45) is 0 Å². The molecule has 0 aromatic carbocycles. The molecule has 0 aromatic heterocycles. The lowest BCUT2D eigenvalue weighted by molar-refractivity contribution is -0.114. The zero-order valence-electron chi connectivity index (χ0n) is 7.68. The first-order valence-electron chi connectivity index (χ1n) is 3.79. The van der Waals surface area contributed by atoms with Gasteiger partial charge in [-0.1, -0.05) is 12.6 Å². The summed E-state index contributed by atoms with van der Waals surface area (Å²) in [5.41, 5.74) is 1.92. The summed E-state index contributed by atoms with van der Waals surface area (Å²) < 4.78 is 5.23. The third-order valence-electron chi connectivity index (χ3n) is 1.55. The number of allylic oxidation sites excluding steroid dienone is 1. The smallest absolute Gasteiger partial charge is 0.210 e.